The number of hydroxylamine groups is 1. The molecule has 0 bridgehead atoms. The smallest absolute Gasteiger partial charge is 0.412 e. The second-order valence-corrected chi connectivity index (χ2v) is 8.02. The number of ether oxygens (including phenoxy) is 1. The molecular weight excluding hydrogens is 513 g/mol. The van der Waals surface area contributed by atoms with Gasteiger partial charge in [0.05, 0.1) is 11.6 Å². The number of anilines is 1. The van der Waals surface area contributed by atoms with E-state index >= 15 is 0 Å². The zero-order chi connectivity index (χ0) is 22.8. The minimum absolute atomic E-state index is 0.0126. The number of allylic oxidation sites excluding steroid dienone is 1. The number of carbonyl (C=O) groups excluding carboxylic acids is 2. The quantitative estimate of drug-likeness (QED) is 0.169. The molecule has 0 radical (unpaired) electrons. The predicted molar refractivity (Wildman–Crippen MR) is 122 cm³/mol. The molecule has 0 saturated heterocycles. The summed E-state index contributed by atoms with van der Waals surface area (Å²) in [4.78, 5) is 23.6. The lowest BCUT2D eigenvalue weighted by molar-refractivity contribution is -0.124. The zero-order valence-corrected chi connectivity index (χ0v) is 18.9. The third-order valence-corrected chi connectivity index (χ3v) is 5.15. The van der Waals surface area contributed by atoms with E-state index in [0.29, 0.717) is 29.7 Å². The number of hydrogen-bond donors (Lipinski definition) is 4. The van der Waals surface area contributed by atoms with Gasteiger partial charge in [-0.05, 0) is 83.8 Å². The second-order valence-electron chi connectivity index (χ2n) is 6.78. The van der Waals surface area contributed by atoms with E-state index < -0.39 is 18.1 Å². The van der Waals surface area contributed by atoms with Crippen LogP contribution in [0.4, 0.5) is 10.5 Å². The van der Waals surface area contributed by atoms with Crippen molar-refractivity contribution in [3.05, 3.63) is 69.3 Å². The van der Waals surface area contributed by atoms with Gasteiger partial charge in [-0.2, -0.15) is 5.26 Å². The Morgan fingerprint density at radius 2 is 1.97 bits per heavy atom. The number of carbonyl (C=O) groups is 2. The molecule has 4 N–H and O–H groups in total. The minimum atomic E-state index is -0.742. The lowest BCUT2D eigenvalue weighted by Gasteiger charge is -2.25. The van der Waals surface area contributed by atoms with Gasteiger partial charge in [-0.1, -0.05) is 13.0 Å². The fraction of sp³-hybridized carbons (Fsp3) is 0.227. The summed E-state index contributed by atoms with van der Waals surface area (Å²) in [7, 11) is 0. The van der Waals surface area contributed by atoms with Gasteiger partial charge in [0.25, 0.3) is 5.91 Å². The molecular formula is C22H22IN3O5. The van der Waals surface area contributed by atoms with Crippen molar-refractivity contribution >= 4 is 40.3 Å². The van der Waals surface area contributed by atoms with Crippen LogP contribution in [0.15, 0.2) is 54.6 Å². The molecule has 0 aliphatic carbocycles. The van der Waals surface area contributed by atoms with Crippen LogP contribution in [0.25, 0.3) is 0 Å². The van der Waals surface area contributed by atoms with Crippen LogP contribution in [0.3, 0.4) is 0 Å². The molecule has 162 valence electrons. The number of phenolic OH excluding ortho intramolecular Hbond substituents is 1. The fourth-order valence-electron chi connectivity index (χ4n) is 2.87. The predicted octanol–water partition coefficient (Wildman–Crippen LogP) is 4.64. The summed E-state index contributed by atoms with van der Waals surface area (Å²) in [5.41, 5.74) is 2.94. The Bertz CT molecular complexity index is 986. The average molecular weight is 535 g/mol. The van der Waals surface area contributed by atoms with Crippen LogP contribution in [0.1, 0.15) is 37.0 Å². The maximum absolute atomic E-state index is 12.5. The Hall–Kier alpha value is -3.10. The topological polar surface area (TPSA) is 132 Å². The van der Waals surface area contributed by atoms with Gasteiger partial charge in [0.1, 0.15) is 11.9 Å². The van der Waals surface area contributed by atoms with E-state index in [-0.39, 0.29) is 11.7 Å². The molecule has 0 aliphatic rings. The van der Waals surface area contributed by atoms with Crippen LogP contribution in [0, 0.1) is 20.8 Å². The van der Waals surface area contributed by atoms with Crippen molar-refractivity contribution in [2.75, 3.05) is 5.32 Å². The standard InChI is InChI=1S/C22H22IN3O5/c1-14(4-2-3-5-20(28)26-30)21(18-12-16(23)8-11-19(18)27)31-22(29)25-17-9-6-15(13-24)7-10-17/h3,5-12,14,21,27,30H,2,4H2,1H3,(H,25,29)(H,26,28)/b5-3+/t14-,21+/m1/s1. The number of halogens is 1. The molecule has 0 spiro atoms. The van der Waals surface area contributed by atoms with Gasteiger partial charge in [-0.3, -0.25) is 15.3 Å². The molecule has 9 heteroatoms. The highest BCUT2D eigenvalue weighted by Gasteiger charge is 2.26. The van der Waals surface area contributed by atoms with E-state index in [4.69, 9.17) is 15.2 Å². The molecule has 0 heterocycles. The molecule has 2 atom stereocenters. The van der Waals surface area contributed by atoms with Crippen molar-refractivity contribution in [3.8, 4) is 11.8 Å². The number of rotatable bonds is 8. The Kier molecular flexibility index (Phi) is 9.30. The van der Waals surface area contributed by atoms with Crippen LogP contribution in [-0.4, -0.2) is 22.3 Å². The molecule has 31 heavy (non-hydrogen) atoms. The second kappa shape index (κ2) is 11.9. The first-order valence-corrected chi connectivity index (χ1v) is 10.5. The van der Waals surface area contributed by atoms with Gasteiger partial charge in [0.15, 0.2) is 0 Å². The largest absolute Gasteiger partial charge is 0.508 e. The maximum atomic E-state index is 12.5. The van der Waals surface area contributed by atoms with Gasteiger partial charge in [0, 0.05) is 20.9 Å². The van der Waals surface area contributed by atoms with Gasteiger partial charge < -0.3 is 9.84 Å². The summed E-state index contributed by atoms with van der Waals surface area (Å²) in [6.07, 6.45) is 2.42. The maximum Gasteiger partial charge on any atom is 0.412 e. The highest BCUT2D eigenvalue weighted by atomic mass is 127. The number of nitriles is 1. The molecule has 2 amide bonds. The lowest BCUT2D eigenvalue weighted by Crippen LogP contribution is -2.22. The molecule has 0 saturated carbocycles. The molecule has 2 aromatic carbocycles. The number of benzene rings is 2. The highest BCUT2D eigenvalue weighted by molar-refractivity contribution is 14.1. The van der Waals surface area contributed by atoms with E-state index in [9.17, 15) is 14.7 Å². The van der Waals surface area contributed by atoms with Crippen LogP contribution in [0.2, 0.25) is 0 Å². The van der Waals surface area contributed by atoms with Crippen molar-refractivity contribution in [3.63, 3.8) is 0 Å². The SMILES string of the molecule is C[C@H](CC/C=C/C(=O)NO)[C@H](OC(=O)Nc1ccc(C#N)cc1)c1cc(I)ccc1O. The number of aromatic hydroxyl groups is 1. The summed E-state index contributed by atoms with van der Waals surface area (Å²) in [5, 5.41) is 30.4. The monoisotopic (exact) mass is 535 g/mol. The number of amides is 2. The Balaban J connectivity index is 2.15. The first-order chi connectivity index (χ1) is 14.8. The summed E-state index contributed by atoms with van der Waals surface area (Å²) in [5.74, 6) is -0.811. The normalized spacial score (nSPS) is 12.6. The first kappa shape index (κ1) is 24.2. The molecule has 0 aromatic heterocycles. The third kappa shape index (κ3) is 7.58. The van der Waals surface area contributed by atoms with Crippen LogP contribution in [0.5, 0.6) is 5.75 Å². The van der Waals surface area contributed by atoms with Crippen LogP contribution in [-0.2, 0) is 9.53 Å². The number of hydrogen-bond acceptors (Lipinski definition) is 6. The van der Waals surface area contributed by atoms with Crippen molar-refractivity contribution < 1.29 is 24.6 Å². The van der Waals surface area contributed by atoms with Crippen LogP contribution >= 0.6 is 22.6 Å². The van der Waals surface area contributed by atoms with E-state index in [2.05, 4.69) is 27.9 Å². The lowest BCUT2D eigenvalue weighted by atomic mass is 9.92. The number of nitrogens with one attached hydrogen (secondary N) is 2. The first-order valence-electron chi connectivity index (χ1n) is 9.41. The minimum Gasteiger partial charge on any atom is -0.508 e. The molecule has 0 aliphatic heterocycles. The van der Waals surface area contributed by atoms with Crippen molar-refractivity contribution in [2.24, 2.45) is 5.92 Å². The molecule has 2 rings (SSSR count). The average Bonchev–Trinajstić information content (AvgIpc) is 2.77. The highest BCUT2D eigenvalue weighted by Crippen LogP contribution is 2.36. The van der Waals surface area contributed by atoms with E-state index in [1.165, 1.54) is 11.6 Å². The van der Waals surface area contributed by atoms with Crippen molar-refractivity contribution in [2.45, 2.75) is 25.9 Å². The Morgan fingerprint density at radius 1 is 1.26 bits per heavy atom. The third-order valence-electron chi connectivity index (χ3n) is 4.48. The van der Waals surface area contributed by atoms with Crippen molar-refractivity contribution in [1.82, 2.24) is 5.48 Å². The van der Waals surface area contributed by atoms with E-state index in [1.807, 2.05) is 13.0 Å². The summed E-state index contributed by atoms with van der Waals surface area (Å²) in [6.45, 7) is 1.87. The van der Waals surface area contributed by atoms with E-state index in [0.717, 1.165) is 3.57 Å². The van der Waals surface area contributed by atoms with E-state index in [1.54, 1.807) is 48.5 Å². The van der Waals surface area contributed by atoms with Gasteiger partial charge in [-0.15, -0.1) is 0 Å². The Labute approximate surface area is 193 Å². The van der Waals surface area contributed by atoms with Gasteiger partial charge in [0.2, 0.25) is 0 Å². The van der Waals surface area contributed by atoms with Gasteiger partial charge in [-0.25, -0.2) is 10.3 Å². The number of phenols is 1. The Morgan fingerprint density at radius 3 is 2.61 bits per heavy atom. The summed E-state index contributed by atoms with van der Waals surface area (Å²) < 4.78 is 6.55. The fourth-order valence-corrected chi connectivity index (χ4v) is 3.38. The summed E-state index contributed by atoms with van der Waals surface area (Å²) >= 11 is 2.11. The summed E-state index contributed by atoms with van der Waals surface area (Å²) in [6, 6.07) is 13.4. The molecule has 2 aromatic rings. The number of nitrogens with zero attached hydrogens (tertiary/aromatic N) is 1. The van der Waals surface area contributed by atoms with Crippen LogP contribution < -0.4 is 10.8 Å². The molecule has 0 unspecified atom stereocenters. The molecule has 0 fully saturated rings. The van der Waals surface area contributed by atoms with Crippen molar-refractivity contribution in [1.29, 1.82) is 5.26 Å². The zero-order valence-electron chi connectivity index (χ0n) is 16.7. The molecule has 8 nitrogen and oxygen atoms in total. The van der Waals surface area contributed by atoms with Gasteiger partial charge >= 0.3 is 6.09 Å².